The number of pyridine rings is 1. The number of fused-ring (bicyclic) bond motifs is 2. The van der Waals surface area contributed by atoms with Crippen molar-refractivity contribution in [2.75, 3.05) is 13.2 Å². The SMILES string of the molecule is CC(C)(C)[Si](C)(C)OCc1ccnc(COc2ncnc3c2c(-c2ccc4ncc(OC5CCCCO5)cc4c2)cn3COCC[Si](C)(C)C)n1. The molecule has 51 heavy (non-hydrogen) atoms. The zero-order valence-corrected chi connectivity index (χ0v) is 33.4. The Morgan fingerprint density at radius 2 is 1.80 bits per heavy atom. The minimum atomic E-state index is -1.93. The van der Waals surface area contributed by atoms with Gasteiger partial charge in [-0.1, -0.05) is 46.5 Å². The molecule has 11 nitrogen and oxygen atoms in total. The van der Waals surface area contributed by atoms with Crippen molar-refractivity contribution in [3.05, 3.63) is 66.8 Å². The second-order valence-corrected chi connectivity index (χ2v) is 26.5. The summed E-state index contributed by atoms with van der Waals surface area (Å²) in [6, 6.07) is 11.2. The lowest BCUT2D eigenvalue weighted by Gasteiger charge is -2.36. The highest BCUT2D eigenvalue weighted by Crippen LogP contribution is 2.38. The summed E-state index contributed by atoms with van der Waals surface area (Å²) in [7, 11) is -3.17. The summed E-state index contributed by atoms with van der Waals surface area (Å²) in [6.45, 7) is 20.6. The number of nitrogens with zero attached hydrogens (tertiary/aromatic N) is 6. The summed E-state index contributed by atoms with van der Waals surface area (Å²) in [6.07, 6.45) is 9.92. The number of hydrogen-bond acceptors (Lipinski definition) is 10. The fourth-order valence-electron chi connectivity index (χ4n) is 5.56. The first-order chi connectivity index (χ1) is 24.3. The second kappa shape index (κ2) is 15.5. The summed E-state index contributed by atoms with van der Waals surface area (Å²) < 4.78 is 33.0. The molecule has 0 spiro atoms. The lowest BCUT2D eigenvalue weighted by atomic mass is 10.0. The zero-order valence-electron chi connectivity index (χ0n) is 31.4. The Hall–Kier alpha value is -3.76. The maximum absolute atomic E-state index is 6.41. The molecular weight excluding hydrogens is 677 g/mol. The molecule has 1 aromatic carbocycles. The molecule has 13 heteroatoms. The van der Waals surface area contributed by atoms with Crippen LogP contribution in [0.1, 0.15) is 51.6 Å². The van der Waals surface area contributed by atoms with Crippen molar-refractivity contribution in [2.45, 2.75) is 110 Å². The summed E-state index contributed by atoms with van der Waals surface area (Å²) in [5, 5.41) is 1.86. The average Bonchev–Trinajstić information content (AvgIpc) is 3.47. The Morgan fingerprint density at radius 3 is 2.57 bits per heavy atom. The van der Waals surface area contributed by atoms with Crippen LogP contribution in [0, 0.1) is 0 Å². The van der Waals surface area contributed by atoms with Crippen LogP contribution < -0.4 is 9.47 Å². The van der Waals surface area contributed by atoms with Crippen molar-refractivity contribution in [3.8, 4) is 22.8 Å². The largest absolute Gasteiger partial charge is 0.469 e. The third-order valence-corrected chi connectivity index (χ3v) is 15.9. The molecule has 4 aromatic heterocycles. The van der Waals surface area contributed by atoms with Crippen molar-refractivity contribution < 1.29 is 23.4 Å². The highest BCUT2D eigenvalue weighted by molar-refractivity contribution is 6.76. The predicted octanol–water partition coefficient (Wildman–Crippen LogP) is 8.76. The average molecular weight is 729 g/mol. The normalized spacial score (nSPS) is 15.8. The summed E-state index contributed by atoms with van der Waals surface area (Å²) in [5.41, 5.74) is 4.32. The molecule has 0 N–H and O–H groups in total. The molecule has 1 unspecified atom stereocenters. The molecule has 1 aliphatic heterocycles. The van der Waals surface area contributed by atoms with Crippen LogP contribution in [0.5, 0.6) is 11.6 Å². The van der Waals surface area contributed by atoms with Gasteiger partial charge in [-0.2, -0.15) is 0 Å². The predicted molar refractivity (Wildman–Crippen MR) is 205 cm³/mol. The summed E-state index contributed by atoms with van der Waals surface area (Å²) in [4.78, 5) is 23.2. The van der Waals surface area contributed by atoms with Gasteiger partial charge in [0.25, 0.3) is 0 Å². The van der Waals surface area contributed by atoms with E-state index in [4.69, 9.17) is 33.3 Å². The minimum absolute atomic E-state index is 0.110. The van der Waals surface area contributed by atoms with Crippen molar-refractivity contribution in [1.82, 2.24) is 29.5 Å². The van der Waals surface area contributed by atoms with Gasteiger partial charge >= 0.3 is 0 Å². The monoisotopic (exact) mass is 728 g/mol. The van der Waals surface area contributed by atoms with E-state index < -0.39 is 16.4 Å². The van der Waals surface area contributed by atoms with Crippen LogP contribution in [0.15, 0.2) is 55.2 Å². The molecule has 6 rings (SSSR count). The van der Waals surface area contributed by atoms with Gasteiger partial charge in [0.2, 0.25) is 5.88 Å². The van der Waals surface area contributed by atoms with Gasteiger partial charge in [0.05, 0.1) is 36.0 Å². The molecule has 5 heterocycles. The van der Waals surface area contributed by atoms with Gasteiger partial charge in [-0.05, 0) is 66.8 Å². The van der Waals surface area contributed by atoms with E-state index in [0.717, 1.165) is 70.7 Å². The molecule has 1 aliphatic rings. The van der Waals surface area contributed by atoms with Gasteiger partial charge in [0.1, 0.15) is 31.1 Å². The maximum Gasteiger partial charge on any atom is 0.227 e. The van der Waals surface area contributed by atoms with Crippen LogP contribution in [-0.2, 0) is 33.8 Å². The fourth-order valence-corrected chi connectivity index (χ4v) is 7.26. The minimum Gasteiger partial charge on any atom is -0.469 e. The number of ether oxygens (including phenoxy) is 4. The fraction of sp³-hybridized carbons (Fsp3) is 0.500. The summed E-state index contributed by atoms with van der Waals surface area (Å²) in [5.74, 6) is 1.70. The van der Waals surface area contributed by atoms with E-state index >= 15 is 0 Å². The first kappa shape index (κ1) is 37.0. The van der Waals surface area contributed by atoms with Gasteiger partial charge in [-0.25, -0.2) is 19.9 Å². The molecule has 1 fully saturated rings. The standard InChI is InChI=1S/C38H52N6O5Si2/c1-38(2,3)51(7,8)48-23-29-14-15-39-33(43-29)24-47-37-35-31(22-44(36(35)41-25-42-37)26-45-17-18-50(4,5)6)27-12-13-32-28(19-27)20-30(21-40-32)49-34-11-9-10-16-46-34/h12-15,19-22,25,34H,9-11,16-18,23-24,26H2,1-8H3. The van der Waals surface area contributed by atoms with Crippen LogP contribution in [0.2, 0.25) is 43.8 Å². The van der Waals surface area contributed by atoms with Gasteiger partial charge in [0.15, 0.2) is 20.4 Å². The molecule has 0 saturated carbocycles. The topological polar surface area (TPSA) is 116 Å². The first-order valence-corrected chi connectivity index (χ1v) is 24.5. The van der Waals surface area contributed by atoms with Gasteiger partial charge in [-0.3, -0.25) is 4.98 Å². The zero-order chi connectivity index (χ0) is 36.2. The molecule has 5 aromatic rings. The molecule has 0 amide bonds. The van der Waals surface area contributed by atoms with E-state index in [1.807, 2.05) is 22.8 Å². The van der Waals surface area contributed by atoms with Crippen molar-refractivity contribution in [1.29, 1.82) is 0 Å². The number of benzene rings is 1. The quantitative estimate of drug-likeness (QED) is 0.0812. The van der Waals surface area contributed by atoms with Crippen molar-refractivity contribution >= 4 is 38.3 Å². The highest BCUT2D eigenvalue weighted by atomic mass is 28.4. The van der Waals surface area contributed by atoms with E-state index in [9.17, 15) is 0 Å². The summed E-state index contributed by atoms with van der Waals surface area (Å²) >= 11 is 0. The van der Waals surface area contributed by atoms with E-state index in [0.29, 0.717) is 37.4 Å². The van der Waals surface area contributed by atoms with Crippen LogP contribution in [-0.4, -0.2) is 65.4 Å². The molecule has 0 radical (unpaired) electrons. The van der Waals surface area contributed by atoms with Gasteiger partial charge in [0, 0.05) is 44.4 Å². The van der Waals surface area contributed by atoms with Crippen LogP contribution >= 0.6 is 0 Å². The van der Waals surface area contributed by atoms with Crippen LogP contribution in [0.25, 0.3) is 33.1 Å². The Kier molecular flexibility index (Phi) is 11.2. The molecular formula is C38H52N6O5Si2. The number of rotatable bonds is 14. The first-order valence-electron chi connectivity index (χ1n) is 17.9. The molecule has 1 saturated heterocycles. The number of hydrogen-bond donors (Lipinski definition) is 0. The molecule has 272 valence electrons. The highest BCUT2D eigenvalue weighted by Gasteiger charge is 2.37. The molecule has 0 aliphatic carbocycles. The second-order valence-electron chi connectivity index (χ2n) is 16.0. The Labute approximate surface area is 303 Å². The van der Waals surface area contributed by atoms with Crippen molar-refractivity contribution in [3.63, 3.8) is 0 Å². The van der Waals surface area contributed by atoms with Crippen LogP contribution in [0.3, 0.4) is 0 Å². The van der Waals surface area contributed by atoms with Crippen LogP contribution in [0.4, 0.5) is 0 Å². The van der Waals surface area contributed by atoms with E-state index in [-0.39, 0.29) is 17.9 Å². The molecule has 1 atom stereocenters. The van der Waals surface area contributed by atoms with Gasteiger partial charge in [-0.15, -0.1) is 0 Å². The lowest BCUT2D eigenvalue weighted by molar-refractivity contribution is -0.106. The third-order valence-electron chi connectivity index (χ3n) is 9.71. The Morgan fingerprint density at radius 1 is 0.961 bits per heavy atom. The smallest absolute Gasteiger partial charge is 0.227 e. The maximum atomic E-state index is 6.41. The van der Waals surface area contributed by atoms with Crippen molar-refractivity contribution in [2.24, 2.45) is 0 Å². The Balaban J connectivity index is 1.29. The third kappa shape index (κ3) is 9.38. The lowest BCUT2D eigenvalue weighted by Crippen LogP contribution is -2.40. The van der Waals surface area contributed by atoms with Gasteiger partial charge < -0.3 is 27.9 Å². The van der Waals surface area contributed by atoms with E-state index in [2.05, 4.69) is 86.8 Å². The number of aromatic nitrogens is 6. The molecule has 0 bridgehead atoms. The van der Waals surface area contributed by atoms with E-state index in [1.165, 1.54) is 6.33 Å². The van der Waals surface area contributed by atoms with E-state index in [1.54, 1.807) is 12.4 Å². The Bertz CT molecular complexity index is 1950.